The number of hydrogen-bond acceptors (Lipinski definition) is 3. The SMILES string of the molecule is Brc1ccc(-n2nnnc2-c2ccccc2)c(Br)c1. The second-order valence-corrected chi connectivity index (χ2v) is 5.65. The highest BCUT2D eigenvalue weighted by Gasteiger charge is 2.12. The van der Waals surface area contributed by atoms with Crippen LogP contribution in [0.15, 0.2) is 57.5 Å². The van der Waals surface area contributed by atoms with E-state index >= 15 is 0 Å². The first-order chi connectivity index (χ1) is 9.25. The highest BCUT2D eigenvalue weighted by molar-refractivity contribution is 9.11. The summed E-state index contributed by atoms with van der Waals surface area (Å²) in [5.74, 6) is 0.712. The van der Waals surface area contributed by atoms with Crippen molar-refractivity contribution in [3.05, 3.63) is 57.5 Å². The molecule has 6 heteroatoms. The average molecular weight is 380 g/mol. The lowest BCUT2D eigenvalue weighted by atomic mass is 10.2. The summed E-state index contributed by atoms with van der Waals surface area (Å²) in [6, 6.07) is 15.7. The molecule has 0 fully saturated rings. The maximum atomic E-state index is 4.10. The molecule has 1 heterocycles. The lowest BCUT2D eigenvalue weighted by Gasteiger charge is -2.07. The highest BCUT2D eigenvalue weighted by atomic mass is 79.9. The van der Waals surface area contributed by atoms with Crippen molar-refractivity contribution in [2.24, 2.45) is 0 Å². The number of nitrogens with zero attached hydrogens (tertiary/aromatic N) is 4. The van der Waals surface area contributed by atoms with Crippen LogP contribution in [0.3, 0.4) is 0 Å². The minimum atomic E-state index is 0.712. The smallest absolute Gasteiger partial charge is 0.187 e. The number of hydrogen-bond donors (Lipinski definition) is 0. The van der Waals surface area contributed by atoms with Gasteiger partial charge in [0.1, 0.15) is 0 Å². The van der Waals surface area contributed by atoms with Crippen LogP contribution in [0.4, 0.5) is 0 Å². The first kappa shape index (κ1) is 12.5. The van der Waals surface area contributed by atoms with E-state index in [-0.39, 0.29) is 0 Å². The minimum absolute atomic E-state index is 0.712. The van der Waals surface area contributed by atoms with Gasteiger partial charge in [0.2, 0.25) is 0 Å². The van der Waals surface area contributed by atoms with Crippen molar-refractivity contribution >= 4 is 31.9 Å². The molecule has 0 saturated heterocycles. The number of halogens is 2. The third kappa shape index (κ3) is 2.46. The summed E-state index contributed by atoms with van der Waals surface area (Å²) < 4.78 is 3.63. The molecule has 2 aromatic carbocycles. The Balaban J connectivity index is 2.15. The van der Waals surface area contributed by atoms with Crippen LogP contribution in [0.2, 0.25) is 0 Å². The highest BCUT2D eigenvalue weighted by Crippen LogP contribution is 2.27. The molecule has 19 heavy (non-hydrogen) atoms. The summed E-state index contributed by atoms with van der Waals surface area (Å²) in [4.78, 5) is 0. The monoisotopic (exact) mass is 378 g/mol. The van der Waals surface area contributed by atoms with E-state index in [0.29, 0.717) is 5.82 Å². The van der Waals surface area contributed by atoms with Gasteiger partial charge in [0.15, 0.2) is 5.82 Å². The van der Waals surface area contributed by atoms with Crippen LogP contribution in [-0.4, -0.2) is 20.2 Å². The van der Waals surface area contributed by atoms with Gasteiger partial charge in [0.05, 0.1) is 5.69 Å². The topological polar surface area (TPSA) is 43.6 Å². The average Bonchev–Trinajstić information content (AvgIpc) is 2.89. The predicted molar refractivity (Wildman–Crippen MR) is 80.0 cm³/mol. The van der Waals surface area contributed by atoms with Gasteiger partial charge in [0, 0.05) is 14.5 Å². The number of benzene rings is 2. The molecule has 0 spiro atoms. The molecule has 3 rings (SSSR count). The fraction of sp³-hybridized carbons (Fsp3) is 0. The summed E-state index contributed by atoms with van der Waals surface area (Å²) in [5, 5.41) is 11.9. The Morgan fingerprint density at radius 3 is 2.47 bits per heavy atom. The van der Waals surface area contributed by atoms with Crippen molar-refractivity contribution in [1.82, 2.24) is 20.2 Å². The molecule has 94 valence electrons. The second-order valence-electron chi connectivity index (χ2n) is 3.88. The Hall–Kier alpha value is -1.53. The van der Waals surface area contributed by atoms with Crippen LogP contribution in [0.1, 0.15) is 0 Å². The van der Waals surface area contributed by atoms with Crippen LogP contribution in [0.5, 0.6) is 0 Å². The van der Waals surface area contributed by atoms with Crippen molar-refractivity contribution in [3.63, 3.8) is 0 Å². The fourth-order valence-electron chi connectivity index (χ4n) is 1.77. The molecular formula is C13H8Br2N4. The molecule has 4 nitrogen and oxygen atoms in total. The van der Waals surface area contributed by atoms with E-state index < -0.39 is 0 Å². The molecule has 0 unspecified atom stereocenters. The quantitative estimate of drug-likeness (QED) is 0.679. The van der Waals surface area contributed by atoms with Crippen LogP contribution < -0.4 is 0 Å². The van der Waals surface area contributed by atoms with Crippen molar-refractivity contribution in [3.8, 4) is 17.1 Å². The van der Waals surface area contributed by atoms with E-state index in [4.69, 9.17) is 0 Å². The summed E-state index contributed by atoms with van der Waals surface area (Å²) in [7, 11) is 0. The van der Waals surface area contributed by atoms with Gasteiger partial charge in [-0.15, -0.1) is 5.10 Å². The Kier molecular flexibility index (Phi) is 3.44. The summed E-state index contributed by atoms with van der Waals surface area (Å²) in [6.07, 6.45) is 0. The lowest BCUT2D eigenvalue weighted by molar-refractivity contribution is 0.789. The largest absolute Gasteiger partial charge is 0.192 e. The first-order valence-corrected chi connectivity index (χ1v) is 7.13. The zero-order valence-corrected chi connectivity index (χ0v) is 12.8. The van der Waals surface area contributed by atoms with E-state index in [9.17, 15) is 0 Å². The summed E-state index contributed by atoms with van der Waals surface area (Å²) >= 11 is 6.96. The molecule has 0 saturated carbocycles. The van der Waals surface area contributed by atoms with E-state index in [1.165, 1.54) is 0 Å². The molecule has 0 radical (unpaired) electrons. The van der Waals surface area contributed by atoms with E-state index in [1.54, 1.807) is 4.68 Å². The Morgan fingerprint density at radius 2 is 1.74 bits per heavy atom. The van der Waals surface area contributed by atoms with Crippen molar-refractivity contribution in [2.75, 3.05) is 0 Å². The van der Waals surface area contributed by atoms with Gasteiger partial charge in [-0.25, -0.2) is 0 Å². The molecule has 3 aromatic rings. The van der Waals surface area contributed by atoms with E-state index in [2.05, 4.69) is 47.4 Å². The molecule has 0 atom stereocenters. The Bertz CT molecular complexity index is 710. The van der Waals surface area contributed by atoms with Gasteiger partial charge >= 0.3 is 0 Å². The maximum absolute atomic E-state index is 4.10. The third-order valence-corrected chi connectivity index (χ3v) is 3.77. The van der Waals surface area contributed by atoms with Gasteiger partial charge in [-0.05, 0) is 44.6 Å². The first-order valence-electron chi connectivity index (χ1n) is 5.55. The predicted octanol–water partition coefficient (Wildman–Crippen LogP) is 3.85. The summed E-state index contributed by atoms with van der Waals surface area (Å²) in [5.41, 5.74) is 1.87. The normalized spacial score (nSPS) is 10.6. The van der Waals surface area contributed by atoms with Crippen LogP contribution >= 0.6 is 31.9 Å². The van der Waals surface area contributed by atoms with E-state index in [1.807, 2.05) is 48.5 Å². The van der Waals surface area contributed by atoms with Gasteiger partial charge in [0.25, 0.3) is 0 Å². The number of aromatic nitrogens is 4. The molecule has 0 amide bonds. The van der Waals surface area contributed by atoms with E-state index in [0.717, 1.165) is 20.2 Å². The molecule has 1 aromatic heterocycles. The second kappa shape index (κ2) is 5.22. The molecule has 0 aliphatic carbocycles. The zero-order valence-electron chi connectivity index (χ0n) is 9.66. The summed E-state index contributed by atoms with van der Waals surface area (Å²) in [6.45, 7) is 0. The standard InChI is InChI=1S/C13H8Br2N4/c14-10-6-7-12(11(15)8-10)19-13(16-17-18-19)9-4-2-1-3-5-9/h1-8H. The molecule has 0 N–H and O–H groups in total. The lowest BCUT2D eigenvalue weighted by Crippen LogP contribution is -2.00. The van der Waals surface area contributed by atoms with Crippen LogP contribution in [0, 0.1) is 0 Å². The zero-order chi connectivity index (χ0) is 13.2. The van der Waals surface area contributed by atoms with Crippen molar-refractivity contribution in [2.45, 2.75) is 0 Å². The molecule has 0 aliphatic heterocycles. The Morgan fingerprint density at radius 1 is 0.947 bits per heavy atom. The van der Waals surface area contributed by atoms with Gasteiger partial charge in [-0.2, -0.15) is 4.68 Å². The van der Waals surface area contributed by atoms with Crippen LogP contribution in [0.25, 0.3) is 17.1 Å². The van der Waals surface area contributed by atoms with Gasteiger partial charge in [-0.3, -0.25) is 0 Å². The third-order valence-electron chi connectivity index (χ3n) is 2.64. The molecule has 0 bridgehead atoms. The van der Waals surface area contributed by atoms with Crippen LogP contribution in [-0.2, 0) is 0 Å². The maximum Gasteiger partial charge on any atom is 0.187 e. The minimum Gasteiger partial charge on any atom is -0.192 e. The molecular weight excluding hydrogens is 372 g/mol. The van der Waals surface area contributed by atoms with Gasteiger partial charge < -0.3 is 0 Å². The number of rotatable bonds is 2. The Labute approximate surface area is 126 Å². The van der Waals surface area contributed by atoms with Gasteiger partial charge in [-0.1, -0.05) is 46.3 Å². The fourth-order valence-corrected chi connectivity index (χ4v) is 2.98. The molecule has 0 aliphatic rings. The van der Waals surface area contributed by atoms with Crippen molar-refractivity contribution in [1.29, 1.82) is 0 Å². The van der Waals surface area contributed by atoms with Crippen molar-refractivity contribution < 1.29 is 0 Å². The number of tetrazole rings is 1.